The molecule has 0 saturated carbocycles. The molecule has 7 heteroatoms. The van der Waals surface area contributed by atoms with E-state index in [1.165, 1.54) is 19.3 Å². The van der Waals surface area contributed by atoms with Crippen LogP contribution in [-0.4, -0.2) is 30.6 Å². The Morgan fingerprint density at radius 2 is 0.350 bits per heavy atom. The van der Waals surface area contributed by atoms with Gasteiger partial charge in [0.05, 0.1) is 0 Å². The zero-order valence-corrected chi connectivity index (χ0v) is 32.6. The van der Waals surface area contributed by atoms with Gasteiger partial charge >= 0.3 is 0 Å². The fraction of sp³-hybridized carbons (Fsp3) is 0.727. The molecule has 0 aromatic carbocycles. The molecule has 0 saturated heterocycles. The summed E-state index contributed by atoms with van der Waals surface area (Å²) in [5.74, 6) is 0. The smallest absolute Gasteiger partial charge is 0.105 e. The van der Waals surface area contributed by atoms with Gasteiger partial charge in [-0.15, -0.1) is 0 Å². The first-order valence-electron chi connectivity index (χ1n) is 13.6. The Hall–Kier alpha value is 0.955. The molecule has 0 heterocycles. The molecule has 0 aromatic heterocycles. The molecule has 0 fully saturated rings. The van der Waals surface area contributed by atoms with Crippen molar-refractivity contribution in [3.63, 3.8) is 0 Å². The number of aliphatic hydroxyl groups is 6. The maximum atomic E-state index is 9.60. The van der Waals surface area contributed by atoms with Crippen LogP contribution in [0.2, 0.25) is 0 Å². The van der Waals surface area contributed by atoms with Crippen LogP contribution in [0.15, 0.2) is 0 Å². The van der Waals surface area contributed by atoms with Crippen LogP contribution in [0, 0.1) is 124 Å². The van der Waals surface area contributed by atoms with Crippen molar-refractivity contribution in [3.8, 4) is 0 Å². The van der Waals surface area contributed by atoms with Gasteiger partial charge < -0.3 is 30.6 Å². The second-order valence-corrected chi connectivity index (χ2v) is 16.2. The number of rotatable bonds is 6. The van der Waals surface area contributed by atoms with Crippen LogP contribution < -0.4 is 0 Å². The number of hydrogen-bond acceptors (Lipinski definition) is 6. The van der Waals surface area contributed by atoms with E-state index in [4.69, 9.17) is 0 Å². The molecule has 0 unspecified atom stereocenters. The monoisotopic (exact) mass is 694 g/mol. The van der Waals surface area contributed by atoms with Gasteiger partial charge in [-0.3, -0.25) is 0 Å². The number of aliphatic hydroxyl groups excluding tert-OH is 6. The van der Waals surface area contributed by atoms with Crippen molar-refractivity contribution in [3.05, 3.63) is 55.9 Å². The van der Waals surface area contributed by atoms with Gasteiger partial charge in [-0.25, -0.2) is 0 Å². The molecule has 0 spiro atoms. The van der Waals surface area contributed by atoms with Gasteiger partial charge in [0, 0.05) is 54.9 Å². The first-order valence-corrected chi connectivity index (χ1v) is 13.6. The normalized spacial score (nSPS) is 13.9. The molecule has 6 nitrogen and oxygen atoms in total. The molecule has 0 amide bonds. The minimum atomic E-state index is -0.306. The summed E-state index contributed by atoms with van der Waals surface area (Å²) >= 11 is 0. The molecule has 6 N–H and O–H groups in total. The molecule has 234 valence electrons. The molecule has 10 radical (unpaired) electrons. The van der Waals surface area contributed by atoms with Gasteiger partial charge in [-0.05, 0) is 32.5 Å². The zero-order valence-electron chi connectivity index (χ0n) is 29.0. The van der Waals surface area contributed by atoms with E-state index in [-0.39, 0.29) is 105 Å². The van der Waals surface area contributed by atoms with E-state index in [9.17, 15) is 30.6 Å². The van der Waals surface area contributed by atoms with Gasteiger partial charge in [-0.2, -0.15) is 0 Å². The first kappa shape index (κ1) is 47.9. The average molecular weight is 695 g/mol. The third-order valence-electron chi connectivity index (χ3n) is 5.43. The Labute approximate surface area is 277 Å². The molecule has 0 atom stereocenters. The molecule has 0 aromatic rings. The Morgan fingerprint density at radius 1 is 0.275 bits per heavy atom. The molecule has 0 aliphatic heterocycles. The van der Waals surface area contributed by atoms with Crippen molar-refractivity contribution in [2.45, 2.75) is 125 Å². The average Bonchev–Trinajstić information content (AvgIpc) is 2.64. The topological polar surface area (TPSA) is 121 Å². The van der Waals surface area contributed by atoms with E-state index in [0.717, 1.165) is 0 Å². The van der Waals surface area contributed by atoms with Crippen LogP contribution in [0.4, 0.5) is 0 Å². The fourth-order valence-corrected chi connectivity index (χ4v) is 1.69. The van der Waals surface area contributed by atoms with Crippen molar-refractivity contribution in [2.24, 2.45) is 32.5 Å². The summed E-state index contributed by atoms with van der Waals surface area (Å²) in [6.07, 6.45) is 5.58. The van der Waals surface area contributed by atoms with Crippen molar-refractivity contribution in [1.82, 2.24) is 0 Å². The van der Waals surface area contributed by atoms with Crippen LogP contribution in [0.5, 0.6) is 0 Å². The standard InChI is InChI=1S/3C11H21O2.La/c3*1-10(2,3)8(12)7-9(13)11(4,5)6;/h3*7,12-13H,1-6H3;. The van der Waals surface area contributed by atoms with Crippen molar-refractivity contribution >= 4 is 0 Å². The summed E-state index contributed by atoms with van der Waals surface area (Å²) in [5.41, 5.74) is -1.84. The van der Waals surface area contributed by atoms with Crippen LogP contribution in [-0.2, 0) is 0 Å². The maximum absolute atomic E-state index is 9.60. The van der Waals surface area contributed by atoms with E-state index >= 15 is 0 Å². The molecule has 0 aliphatic rings. The first-order chi connectivity index (χ1) is 16.6. The summed E-state index contributed by atoms with van der Waals surface area (Å²) in [4.78, 5) is 0. The van der Waals surface area contributed by atoms with Crippen LogP contribution >= 0.6 is 0 Å². The van der Waals surface area contributed by atoms with Crippen molar-refractivity contribution < 1.29 is 66.2 Å². The predicted octanol–water partition coefficient (Wildman–Crippen LogP) is 9.28. The predicted molar refractivity (Wildman–Crippen MR) is 161 cm³/mol. The second kappa shape index (κ2) is 18.1. The van der Waals surface area contributed by atoms with Crippen LogP contribution in [0.1, 0.15) is 125 Å². The van der Waals surface area contributed by atoms with Gasteiger partial charge in [0.1, 0.15) is 36.6 Å². The second-order valence-electron chi connectivity index (χ2n) is 16.2. The molecule has 40 heavy (non-hydrogen) atoms. The van der Waals surface area contributed by atoms with Gasteiger partial charge in [0.25, 0.3) is 0 Å². The fourth-order valence-electron chi connectivity index (χ4n) is 1.69. The summed E-state index contributed by atoms with van der Waals surface area (Å²) in [6, 6.07) is 0. The van der Waals surface area contributed by atoms with Gasteiger partial charge in [0.2, 0.25) is 0 Å². The summed E-state index contributed by atoms with van der Waals surface area (Å²) < 4.78 is 0. The van der Waals surface area contributed by atoms with E-state index in [1.54, 1.807) is 0 Å². The van der Waals surface area contributed by atoms with Crippen LogP contribution in [0.3, 0.4) is 0 Å². The van der Waals surface area contributed by atoms with Gasteiger partial charge in [0.15, 0.2) is 0 Å². The summed E-state index contributed by atoms with van der Waals surface area (Å²) in [6.45, 7) is 34.2. The maximum Gasteiger partial charge on any atom is 0.105 e. The van der Waals surface area contributed by atoms with Crippen molar-refractivity contribution in [1.29, 1.82) is 0 Å². The Balaban J connectivity index is -0.000000240. The largest absolute Gasteiger partial charge is 0.386 e. The Bertz CT molecular complexity index is 494. The van der Waals surface area contributed by atoms with Crippen molar-refractivity contribution in [2.75, 3.05) is 0 Å². The number of hydrogen-bond donors (Lipinski definition) is 6. The molecule has 0 aliphatic carbocycles. The van der Waals surface area contributed by atoms with E-state index in [0.29, 0.717) is 0 Å². The summed E-state index contributed by atoms with van der Waals surface area (Å²) in [5, 5.41) is 57.6. The molecular formula is C33H63LaO6. The Kier molecular flexibility index (Phi) is 21.6. The molecular weight excluding hydrogens is 631 g/mol. The van der Waals surface area contributed by atoms with E-state index in [2.05, 4.69) is 0 Å². The summed E-state index contributed by atoms with van der Waals surface area (Å²) in [7, 11) is 0. The van der Waals surface area contributed by atoms with Crippen LogP contribution in [0.25, 0.3) is 0 Å². The third kappa shape index (κ3) is 23.4. The van der Waals surface area contributed by atoms with Gasteiger partial charge in [-0.1, -0.05) is 125 Å². The Morgan fingerprint density at radius 3 is 0.400 bits per heavy atom. The van der Waals surface area contributed by atoms with E-state index < -0.39 is 0 Å². The SMILES string of the molecule is CC(C)(C)[C](O)[CH][C](O)C(C)(C)C.CC(C)(C)[C](O)[CH][C](O)C(C)(C)C.CC(C)(C)[C](O)[CH][C](O)C(C)(C)C.[La]. The minimum Gasteiger partial charge on any atom is -0.386 e. The zero-order chi connectivity index (χ0) is 32.6. The minimum absolute atomic E-state index is 0. The third-order valence-corrected chi connectivity index (χ3v) is 5.43. The molecule has 0 rings (SSSR count). The van der Waals surface area contributed by atoms with E-state index in [1.807, 2.05) is 125 Å². The quantitative estimate of drug-likeness (QED) is 0.165. The molecule has 0 bridgehead atoms.